The molecule has 1 aliphatic rings. The zero-order chi connectivity index (χ0) is 14.3. The summed E-state index contributed by atoms with van der Waals surface area (Å²) in [5, 5.41) is 9.66. The minimum Gasteiger partial charge on any atom is -0.390 e. The second kappa shape index (κ2) is 4.90. The van der Waals surface area contributed by atoms with Crippen LogP contribution in [0.2, 0.25) is 5.02 Å². The lowest BCUT2D eigenvalue weighted by Gasteiger charge is -2.34. The first-order valence-corrected chi connectivity index (χ1v) is 7.65. The second-order valence-electron chi connectivity index (χ2n) is 4.91. The smallest absolute Gasteiger partial charge is 0.266 e. The fourth-order valence-electron chi connectivity index (χ4n) is 1.94. The van der Waals surface area contributed by atoms with Crippen LogP contribution in [-0.4, -0.2) is 41.5 Å². The van der Waals surface area contributed by atoms with Gasteiger partial charge in [-0.25, -0.2) is 8.42 Å². The number of aliphatic hydroxyl groups is 1. The van der Waals surface area contributed by atoms with E-state index in [0.29, 0.717) is 12.8 Å². The number of sulfonamides is 1. The average Bonchev–Trinajstić information content (AvgIpc) is 2.32. The minimum absolute atomic E-state index is 0.0429. The fraction of sp³-hybridized carbons (Fsp3) is 0.545. The van der Waals surface area contributed by atoms with Crippen LogP contribution < -0.4 is 5.56 Å². The SMILES string of the molecule is CC1(O)CCN(S(=O)(=O)c2c[nH]c(=O)c(Cl)c2)CC1. The lowest BCUT2D eigenvalue weighted by molar-refractivity contribution is 0.0126. The van der Waals surface area contributed by atoms with Crippen LogP contribution in [0.3, 0.4) is 0 Å². The molecule has 1 aromatic heterocycles. The van der Waals surface area contributed by atoms with E-state index in [4.69, 9.17) is 11.6 Å². The number of aromatic nitrogens is 1. The Kier molecular flexibility index (Phi) is 3.74. The first-order chi connectivity index (χ1) is 8.72. The Hall–Kier alpha value is -0.890. The maximum Gasteiger partial charge on any atom is 0.266 e. The molecule has 2 heterocycles. The third kappa shape index (κ3) is 3.00. The van der Waals surface area contributed by atoms with Gasteiger partial charge in [0.2, 0.25) is 10.0 Å². The van der Waals surface area contributed by atoms with Crippen molar-refractivity contribution in [3.8, 4) is 0 Å². The highest BCUT2D eigenvalue weighted by Crippen LogP contribution is 2.26. The number of nitrogens with zero attached hydrogens (tertiary/aromatic N) is 1. The monoisotopic (exact) mass is 306 g/mol. The van der Waals surface area contributed by atoms with Gasteiger partial charge in [-0.15, -0.1) is 0 Å². The number of halogens is 1. The van der Waals surface area contributed by atoms with Gasteiger partial charge in [-0.3, -0.25) is 4.79 Å². The fourth-order valence-corrected chi connectivity index (χ4v) is 3.62. The molecule has 0 atom stereocenters. The van der Waals surface area contributed by atoms with Gasteiger partial charge in [0.25, 0.3) is 5.56 Å². The highest BCUT2D eigenvalue weighted by Gasteiger charge is 2.34. The van der Waals surface area contributed by atoms with E-state index in [1.54, 1.807) is 6.92 Å². The molecule has 0 saturated carbocycles. The molecule has 0 spiro atoms. The van der Waals surface area contributed by atoms with Crippen molar-refractivity contribution < 1.29 is 13.5 Å². The first kappa shape index (κ1) is 14.5. The summed E-state index contributed by atoms with van der Waals surface area (Å²) >= 11 is 5.64. The minimum atomic E-state index is -3.68. The molecule has 2 rings (SSSR count). The largest absolute Gasteiger partial charge is 0.390 e. The molecule has 8 heteroatoms. The van der Waals surface area contributed by atoms with Gasteiger partial charge in [0.15, 0.2) is 0 Å². The van der Waals surface area contributed by atoms with Gasteiger partial charge >= 0.3 is 0 Å². The zero-order valence-electron chi connectivity index (χ0n) is 10.4. The maximum atomic E-state index is 12.3. The van der Waals surface area contributed by atoms with Gasteiger partial charge in [0.1, 0.15) is 5.02 Å². The summed E-state index contributed by atoms with van der Waals surface area (Å²) in [6.45, 7) is 2.17. The molecule has 0 amide bonds. The maximum absolute atomic E-state index is 12.3. The van der Waals surface area contributed by atoms with Crippen molar-refractivity contribution in [2.75, 3.05) is 13.1 Å². The van der Waals surface area contributed by atoms with Crippen molar-refractivity contribution in [3.63, 3.8) is 0 Å². The van der Waals surface area contributed by atoms with Crippen LogP contribution >= 0.6 is 11.6 Å². The van der Waals surface area contributed by atoms with Gasteiger partial charge in [0.05, 0.1) is 10.5 Å². The van der Waals surface area contributed by atoms with Gasteiger partial charge in [-0.05, 0) is 25.8 Å². The van der Waals surface area contributed by atoms with Crippen LogP contribution in [0.1, 0.15) is 19.8 Å². The number of aromatic amines is 1. The van der Waals surface area contributed by atoms with Gasteiger partial charge in [0, 0.05) is 19.3 Å². The molecule has 0 radical (unpaired) electrons. The lowest BCUT2D eigenvalue weighted by atomic mass is 9.95. The molecule has 0 unspecified atom stereocenters. The van der Waals surface area contributed by atoms with E-state index in [0.717, 1.165) is 12.3 Å². The van der Waals surface area contributed by atoms with Crippen LogP contribution in [0.15, 0.2) is 22.0 Å². The van der Waals surface area contributed by atoms with Crippen LogP contribution in [0.4, 0.5) is 0 Å². The number of hydrogen-bond donors (Lipinski definition) is 2. The Morgan fingerprint density at radius 3 is 2.53 bits per heavy atom. The summed E-state index contributed by atoms with van der Waals surface area (Å²) in [6.07, 6.45) is 1.89. The van der Waals surface area contributed by atoms with Crippen molar-refractivity contribution in [2.45, 2.75) is 30.3 Å². The van der Waals surface area contributed by atoms with Crippen molar-refractivity contribution in [3.05, 3.63) is 27.6 Å². The number of pyridine rings is 1. The van der Waals surface area contributed by atoms with Crippen molar-refractivity contribution in [1.82, 2.24) is 9.29 Å². The average molecular weight is 307 g/mol. The standard InChI is InChI=1S/C11H15ClN2O4S/c1-11(16)2-4-14(5-3-11)19(17,18)8-6-9(12)10(15)13-7-8/h6-7,16H,2-5H2,1H3,(H,13,15). The van der Waals surface area contributed by atoms with E-state index in [9.17, 15) is 18.3 Å². The number of hydrogen-bond acceptors (Lipinski definition) is 4. The summed E-state index contributed by atoms with van der Waals surface area (Å²) < 4.78 is 25.9. The molecule has 1 aromatic rings. The normalized spacial score (nSPS) is 20.4. The van der Waals surface area contributed by atoms with Gasteiger partial charge in [-0.2, -0.15) is 4.31 Å². The van der Waals surface area contributed by atoms with E-state index in [-0.39, 0.29) is 23.0 Å². The number of piperidine rings is 1. The second-order valence-corrected chi connectivity index (χ2v) is 7.26. The molecule has 106 valence electrons. The molecule has 6 nitrogen and oxygen atoms in total. The lowest BCUT2D eigenvalue weighted by Crippen LogP contribution is -2.45. The Labute approximate surface area is 116 Å². The summed E-state index contributed by atoms with van der Waals surface area (Å²) in [5.41, 5.74) is -1.35. The molecule has 0 aromatic carbocycles. The zero-order valence-corrected chi connectivity index (χ0v) is 12.0. The topological polar surface area (TPSA) is 90.5 Å². The third-order valence-electron chi connectivity index (χ3n) is 3.27. The number of rotatable bonds is 2. The molecular formula is C11H15ClN2O4S. The molecular weight excluding hydrogens is 292 g/mol. The highest BCUT2D eigenvalue weighted by molar-refractivity contribution is 7.89. The molecule has 1 saturated heterocycles. The van der Waals surface area contributed by atoms with Crippen molar-refractivity contribution in [2.24, 2.45) is 0 Å². The Morgan fingerprint density at radius 2 is 2.00 bits per heavy atom. The molecule has 19 heavy (non-hydrogen) atoms. The molecule has 0 bridgehead atoms. The summed E-state index contributed by atoms with van der Waals surface area (Å²) in [4.78, 5) is 13.4. The van der Waals surface area contributed by atoms with Crippen molar-refractivity contribution >= 4 is 21.6 Å². The molecule has 2 N–H and O–H groups in total. The first-order valence-electron chi connectivity index (χ1n) is 5.83. The summed E-state index contributed by atoms with van der Waals surface area (Å²) in [6, 6.07) is 1.14. The molecule has 1 aliphatic heterocycles. The predicted octanol–water partition coefficient (Wildman–Crippen LogP) is 0.564. The van der Waals surface area contributed by atoms with E-state index in [2.05, 4.69) is 4.98 Å². The van der Waals surface area contributed by atoms with Crippen LogP contribution in [-0.2, 0) is 10.0 Å². The van der Waals surface area contributed by atoms with Crippen LogP contribution in [0.25, 0.3) is 0 Å². The molecule has 0 aliphatic carbocycles. The van der Waals surface area contributed by atoms with Gasteiger partial charge < -0.3 is 10.1 Å². The summed E-state index contributed by atoms with van der Waals surface area (Å²) in [7, 11) is -3.68. The Morgan fingerprint density at radius 1 is 1.42 bits per heavy atom. The number of H-pyrrole nitrogens is 1. The van der Waals surface area contributed by atoms with E-state index in [1.165, 1.54) is 4.31 Å². The third-order valence-corrected chi connectivity index (χ3v) is 5.43. The van der Waals surface area contributed by atoms with E-state index < -0.39 is 21.2 Å². The van der Waals surface area contributed by atoms with E-state index >= 15 is 0 Å². The van der Waals surface area contributed by atoms with Crippen LogP contribution in [0.5, 0.6) is 0 Å². The van der Waals surface area contributed by atoms with Crippen LogP contribution in [0, 0.1) is 0 Å². The predicted molar refractivity (Wildman–Crippen MR) is 70.7 cm³/mol. The highest BCUT2D eigenvalue weighted by atomic mass is 35.5. The summed E-state index contributed by atoms with van der Waals surface area (Å²) in [5.74, 6) is 0. The van der Waals surface area contributed by atoms with E-state index in [1.807, 2.05) is 0 Å². The Balaban J connectivity index is 2.28. The van der Waals surface area contributed by atoms with Gasteiger partial charge in [-0.1, -0.05) is 11.6 Å². The van der Waals surface area contributed by atoms with Crippen molar-refractivity contribution in [1.29, 1.82) is 0 Å². The quantitative estimate of drug-likeness (QED) is 0.835. The Bertz CT molecular complexity index is 628. The number of nitrogens with one attached hydrogen (secondary N) is 1. The molecule has 1 fully saturated rings.